The van der Waals surface area contributed by atoms with Crippen LogP contribution in [0.5, 0.6) is 0 Å². The summed E-state index contributed by atoms with van der Waals surface area (Å²) in [5.41, 5.74) is 0. The van der Waals surface area contributed by atoms with Gasteiger partial charge in [0.1, 0.15) is 0 Å². The van der Waals surface area contributed by atoms with Crippen molar-refractivity contribution in [2.45, 2.75) is 47.9 Å². The van der Waals surface area contributed by atoms with E-state index in [1.54, 1.807) is 6.42 Å². The molecule has 1 aliphatic heterocycles. The third-order valence-electron chi connectivity index (χ3n) is 2.55. The Hall–Kier alpha value is 0.730. The second-order valence-corrected chi connectivity index (χ2v) is 7.66. The Kier molecular flexibility index (Phi) is 3.47. The van der Waals surface area contributed by atoms with E-state index >= 15 is 0 Å². The van der Waals surface area contributed by atoms with E-state index in [0.717, 1.165) is 9.84 Å². The Morgan fingerprint density at radius 3 is 2.30 bits per heavy atom. The van der Waals surface area contributed by atoms with E-state index in [1.165, 1.54) is 16.8 Å². The van der Waals surface area contributed by atoms with Gasteiger partial charge < -0.3 is 0 Å². The molecular formula is C9H18I-. The number of alkyl halides is 2. The van der Waals surface area contributed by atoms with Crippen LogP contribution in [0.25, 0.3) is 0 Å². The third-order valence-corrected chi connectivity index (χ3v) is 7.11. The molecule has 0 radical (unpaired) electrons. The summed E-state index contributed by atoms with van der Waals surface area (Å²) >= 11 is 0.567. The normalized spacial score (nSPS) is 41.3. The molecule has 0 N–H and O–H groups in total. The Bertz CT molecular complexity index is 101. The van der Waals surface area contributed by atoms with E-state index in [-0.39, 0.29) is 0 Å². The maximum atomic E-state index is 2.47. The van der Waals surface area contributed by atoms with E-state index < -0.39 is 0 Å². The number of halogens is 1. The zero-order valence-electron chi connectivity index (χ0n) is 7.23. The summed E-state index contributed by atoms with van der Waals surface area (Å²) in [6, 6.07) is 0. The van der Waals surface area contributed by atoms with Crippen LogP contribution in [-0.4, -0.2) is 7.85 Å². The molecule has 1 aliphatic rings. The van der Waals surface area contributed by atoms with Crippen LogP contribution in [0.1, 0.15) is 40.0 Å². The van der Waals surface area contributed by atoms with Crippen molar-refractivity contribution in [2.24, 2.45) is 5.92 Å². The van der Waals surface area contributed by atoms with Crippen LogP contribution in [0.3, 0.4) is 0 Å². The molecule has 3 atom stereocenters. The Balaban J connectivity index is 2.36. The molecule has 1 fully saturated rings. The molecular weight excluding hydrogens is 235 g/mol. The molecule has 0 amide bonds. The summed E-state index contributed by atoms with van der Waals surface area (Å²) in [5, 5.41) is 0. The van der Waals surface area contributed by atoms with Gasteiger partial charge in [0.2, 0.25) is 0 Å². The Morgan fingerprint density at radius 1 is 1.30 bits per heavy atom. The van der Waals surface area contributed by atoms with Crippen LogP contribution in [0.2, 0.25) is 0 Å². The molecule has 10 heavy (non-hydrogen) atoms. The van der Waals surface area contributed by atoms with Crippen LogP contribution >= 0.6 is 0 Å². The summed E-state index contributed by atoms with van der Waals surface area (Å²) < 4.78 is 2.28. The van der Waals surface area contributed by atoms with E-state index in [9.17, 15) is 0 Å². The molecule has 1 heterocycles. The van der Waals surface area contributed by atoms with Crippen molar-refractivity contribution in [3.05, 3.63) is 0 Å². The molecule has 0 bridgehead atoms. The first-order valence-corrected chi connectivity index (χ1v) is 6.89. The molecule has 0 spiro atoms. The topological polar surface area (TPSA) is 0 Å². The molecule has 1 rings (SSSR count). The fourth-order valence-electron chi connectivity index (χ4n) is 1.70. The van der Waals surface area contributed by atoms with E-state index in [0.29, 0.717) is 21.2 Å². The minimum atomic E-state index is 0.567. The minimum absolute atomic E-state index is 0.567. The standard InChI is InChI=1S/C9H18I/c1-4-8-6-9(5-2)10-7(8)3/h7-9H,4-6H2,1-3H3/q-1. The van der Waals surface area contributed by atoms with Gasteiger partial charge in [-0.1, -0.05) is 0 Å². The van der Waals surface area contributed by atoms with Crippen molar-refractivity contribution in [3.63, 3.8) is 0 Å². The first-order chi connectivity index (χ1) is 4.77. The van der Waals surface area contributed by atoms with Crippen LogP contribution in [0.4, 0.5) is 0 Å². The second kappa shape index (κ2) is 3.93. The van der Waals surface area contributed by atoms with Gasteiger partial charge in [-0.3, -0.25) is 0 Å². The van der Waals surface area contributed by atoms with Gasteiger partial charge in [-0.25, -0.2) is 0 Å². The third kappa shape index (κ3) is 1.86. The van der Waals surface area contributed by atoms with Gasteiger partial charge in [0.25, 0.3) is 0 Å². The van der Waals surface area contributed by atoms with Crippen molar-refractivity contribution in [2.75, 3.05) is 0 Å². The fourth-order valence-corrected chi connectivity index (χ4v) is 6.15. The average molecular weight is 253 g/mol. The number of rotatable bonds is 2. The Labute approximate surface area is 75.0 Å². The van der Waals surface area contributed by atoms with Gasteiger partial charge in [-0.05, 0) is 0 Å². The molecule has 0 saturated carbocycles. The van der Waals surface area contributed by atoms with E-state index in [4.69, 9.17) is 0 Å². The van der Waals surface area contributed by atoms with Gasteiger partial charge in [-0.15, -0.1) is 0 Å². The molecule has 0 aromatic rings. The van der Waals surface area contributed by atoms with Crippen LogP contribution in [0, 0.1) is 5.92 Å². The van der Waals surface area contributed by atoms with Gasteiger partial charge >= 0.3 is 75.0 Å². The Morgan fingerprint density at radius 2 is 2.00 bits per heavy atom. The quantitative estimate of drug-likeness (QED) is 0.467. The van der Waals surface area contributed by atoms with Crippen molar-refractivity contribution in [1.29, 1.82) is 0 Å². The predicted octanol–water partition coefficient (Wildman–Crippen LogP) is -0.328. The summed E-state index contributed by atoms with van der Waals surface area (Å²) in [4.78, 5) is 0. The van der Waals surface area contributed by atoms with Crippen LogP contribution in [-0.2, 0) is 0 Å². The van der Waals surface area contributed by atoms with E-state index in [2.05, 4.69) is 20.8 Å². The first kappa shape index (κ1) is 8.82. The molecule has 1 heteroatoms. The second-order valence-electron chi connectivity index (χ2n) is 3.21. The van der Waals surface area contributed by atoms with Crippen LogP contribution < -0.4 is 21.2 Å². The van der Waals surface area contributed by atoms with Crippen molar-refractivity contribution < 1.29 is 21.2 Å². The van der Waals surface area contributed by atoms with Crippen molar-refractivity contribution in [1.82, 2.24) is 0 Å². The fraction of sp³-hybridized carbons (Fsp3) is 1.00. The van der Waals surface area contributed by atoms with Gasteiger partial charge in [-0.2, -0.15) is 0 Å². The summed E-state index contributed by atoms with van der Waals surface area (Å²) in [5.74, 6) is 1.10. The van der Waals surface area contributed by atoms with E-state index in [1.807, 2.05) is 0 Å². The number of hydrogen-bond acceptors (Lipinski definition) is 0. The number of hydrogen-bond donors (Lipinski definition) is 0. The molecule has 62 valence electrons. The first-order valence-electron chi connectivity index (χ1n) is 4.39. The molecule has 3 unspecified atom stereocenters. The predicted molar refractivity (Wildman–Crippen MR) is 41.9 cm³/mol. The SMILES string of the molecule is CCC1CC(CC)C(C)[I-]1. The summed E-state index contributed by atoms with van der Waals surface area (Å²) in [7, 11) is 0. The van der Waals surface area contributed by atoms with Gasteiger partial charge in [0.05, 0.1) is 0 Å². The zero-order chi connectivity index (χ0) is 7.56. The van der Waals surface area contributed by atoms with Crippen molar-refractivity contribution >= 4 is 0 Å². The average Bonchev–Trinajstić information content (AvgIpc) is 2.30. The molecule has 1 saturated heterocycles. The molecule has 0 aromatic heterocycles. The summed E-state index contributed by atoms with van der Waals surface area (Å²) in [6.45, 7) is 7.18. The zero-order valence-corrected chi connectivity index (χ0v) is 9.39. The molecule has 0 aliphatic carbocycles. The van der Waals surface area contributed by atoms with Gasteiger partial charge in [0, 0.05) is 0 Å². The molecule has 0 aromatic carbocycles. The van der Waals surface area contributed by atoms with Crippen molar-refractivity contribution in [3.8, 4) is 0 Å². The van der Waals surface area contributed by atoms with Gasteiger partial charge in [0.15, 0.2) is 0 Å². The monoisotopic (exact) mass is 253 g/mol. The molecule has 0 nitrogen and oxygen atoms in total. The maximum absolute atomic E-state index is 2.47. The van der Waals surface area contributed by atoms with Crippen LogP contribution in [0.15, 0.2) is 0 Å². The summed E-state index contributed by atoms with van der Waals surface area (Å²) in [6.07, 6.45) is 4.44.